The van der Waals surface area contributed by atoms with Gasteiger partial charge in [0, 0.05) is 17.3 Å². The van der Waals surface area contributed by atoms with Crippen LogP contribution in [0.2, 0.25) is 0 Å². The minimum absolute atomic E-state index is 0.423. The standard InChI is InChI=1S/C21H19N/c1-15-18-11-5-6-12-19(18)22-20-13-7-10-17(21(15)20)14-16-8-3-2-4-9-16/h2-9,11-15,22H,10H2,1H3. The first-order chi connectivity index (χ1) is 10.8. The molecular weight excluding hydrogens is 266 g/mol. The van der Waals surface area contributed by atoms with E-state index < -0.39 is 0 Å². The predicted octanol–water partition coefficient (Wildman–Crippen LogP) is 5.51. The molecule has 0 fully saturated rings. The van der Waals surface area contributed by atoms with Crippen molar-refractivity contribution in [1.29, 1.82) is 0 Å². The zero-order valence-corrected chi connectivity index (χ0v) is 12.7. The van der Waals surface area contributed by atoms with Gasteiger partial charge in [-0.3, -0.25) is 0 Å². The quantitative estimate of drug-likeness (QED) is 0.728. The van der Waals surface area contributed by atoms with E-state index in [1.54, 1.807) is 0 Å². The zero-order chi connectivity index (χ0) is 14.9. The summed E-state index contributed by atoms with van der Waals surface area (Å²) >= 11 is 0. The Kier molecular flexibility index (Phi) is 3.19. The molecule has 0 spiro atoms. The van der Waals surface area contributed by atoms with Gasteiger partial charge >= 0.3 is 0 Å². The van der Waals surface area contributed by atoms with Crippen LogP contribution in [0, 0.1) is 0 Å². The summed E-state index contributed by atoms with van der Waals surface area (Å²) in [5.74, 6) is 0.423. The van der Waals surface area contributed by atoms with Gasteiger partial charge in [0.2, 0.25) is 0 Å². The first kappa shape index (κ1) is 13.1. The Morgan fingerprint density at radius 2 is 1.77 bits per heavy atom. The Morgan fingerprint density at radius 1 is 1.00 bits per heavy atom. The van der Waals surface area contributed by atoms with E-state index in [1.165, 1.54) is 33.7 Å². The minimum Gasteiger partial charge on any atom is -0.355 e. The molecule has 2 aliphatic rings. The number of benzene rings is 2. The number of fused-ring (bicyclic) bond motifs is 1. The van der Waals surface area contributed by atoms with Crippen LogP contribution in [0.5, 0.6) is 0 Å². The smallest absolute Gasteiger partial charge is 0.0423 e. The van der Waals surface area contributed by atoms with Crippen molar-refractivity contribution >= 4 is 11.8 Å². The molecule has 4 rings (SSSR count). The number of para-hydroxylation sites is 1. The monoisotopic (exact) mass is 285 g/mol. The van der Waals surface area contributed by atoms with Crippen molar-refractivity contribution in [2.24, 2.45) is 0 Å². The van der Waals surface area contributed by atoms with Gasteiger partial charge in [-0.15, -0.1) is 0 Å². The minimum atomic E-state index is 0.423. The number of nitrogens with one attached hydrogen (secondary N) is 1. The SMILES string of the molecule is CC1C2=C(C=CCC2=Cc2ccccc2)Nc2ccccc21. The van der Waals surface area contributed by atoms with E-state index in [-0.39, 0.29) is 0 Å². The van der Waals surface area contributed by atoms with Crippen LogP contribution in [0.25, 0.3) is 6.08 Å². The third-order valence-electron chi connectivity index (χ3n) is 4.53. The molecule has 0 bridgehead atoms. The second-order valence-electron chi connectivity index (χ2n) is 5.95. The summed E-state index contributed by atoms with van der Waals surface area (Å²) in [7, 11) is 0. The van der Waals surface area contributed by atoms with Crippen LogP contribution in [0.3, 0.4) is 0 Å². The highest BCUT2D eigenvalue weighted by Gasteiger charge is 2.26. The molecule has 2 aromatic carbocycles. The molecule has 0 aromatic heterocycles. The van der Waals surface area contributed by atoms with Crippen molar-refractivity contribution < 1.29 is 0 Å². The summed E-state index contributed by atoms with van der Waals surface area (Å²) in [6.45, 7) is 2.31. The van der Waals surface area contributed by atoms with Crippen LogP contribution < -0.4 is 5.32 Å². The van der Waals surface area contributed by atoms with Gasteiger partial charge in [0.1, 0.15) is 0 Å². The van der Waals surface area contributed by atoms with Gasteiger partial charge in [-0.2, -0.15) is 0 Å². The zero-order valence-electron chi connectivity index (χ0n) is 12.7. The van der Waals surface area contributed by atoms with Crippen LogP contribution in [0.15, 0.2) is 83.6 Å². The Hall–Kier alpha value is -2.54. The van der Waals surface area contributed by atoms with Crippen LogP contribution in [-0.2, 0) is 0 Å². The van der Waals surface area contributed by atoms with Crippen molar-refractivity contribution in [2.75, 3.05) is 5.32 Å². The summed E-state index contributed by atoms with van der Waals surface area (Å²) in [6.07, 6.45) is 7.80. The Bertz CT molecular complexity index is 794. The highest BCUT2D eigenvalue weighted by atomic mass is 14.9. The fourth-order valence-electron chi connectivity index (χ4n) is 3.47. The lowest BCUT2D eigenvalue weighted by molar-refractivity contribution is 0.860. The summed E-state index contributed by atoms with van der Waals surface area (Å²) in [5.41, 5.74) is 7.99. The van der Waals surface area contributed by atoms with E-state index in [2.05, 4.69) is 85.1 Å². The first-order valence-corrected chi connectivity index (χ1v) is 7.85. The van der Waals surface area contributed by atoms with Crippen molar-refractivity contribution in [3.8, 4) is 0 Å². The topological polar surface area (TPSA) is 12.0 Å². The van der Waals surface area contributed by atoms with Crippen LogP contribution >= 0.6 is 0 Å². The number of rotatable bonds is 1. The molecule has 1 nitrogen and oxygen atoms in total. The number of hydrogen-bond acceptors (Lipinski definition) is 1. The Morgan fingerprint density at radius 3 is 2.64 bits per heavy atom. The molecule has 22 heavy (non-hydrogen) atoms. The second-order valence-corrected chi connectivity index (χ2v) is 5.95. The molecule has 1 aliphatic heterocycles. The van der Waals surface area contributed by atoms with Gasteiger partial charge in [-0.25, -0.2) is 0 Å². The second kappa shape index (κ2) is 5.34. The Balaban J connectivity index is 1.80. The average molecular weight is 285 g/mol. The lowest BCUT2D eigenvalue weighted by Crippen LogP contribution is -2.18. The fraction of sp³-hybridized carbons (Fsp3) is 0.143. The Labute approximate surface area is 131 Å². The van der Waals surface area contributed by atoms with Crippen molar-refractivity contribution in [3.63, 3.8) is 0 Å². The molecule has 0 amide bonds. The van der Waals surface area contributed by atoms with Gasteiger partial charge in [0.05, 0.1) is 0 Å². The number of hydrogen-bond donors (Lipinski definition) is 1. The van der Waals surface area contributed by atoms with Crippen molar-refractivity contribution in [2.45, 2.75) is 19.3 Å². The average Bonchev–Trinajstić information content (AvgIpc) is 2.56. The van der Waals surface area contributed by atoms with Crippen molar-refractivity contribution in [3.05, 3.63) is 94.7 Å². The molecule has 2 aromatic rings. The summed E-state index contributed by atoms with van der Waals surface area (Å²) < 4.78 is 0. The highest BCUT2D eigenvalue weighted by molar-refractivity contribution is 5.72. The molecule has 1 heteroatoms. The maximum absolute atomic E-state index is 3.60. The fourth-order valence-corrected chi connectivity index (χ4v) is 3.47. The maximum atomic E-state index is 3.60. The van der Waals surface area contributed by atoms with Gasteiger partial charge in [0.15, 0.2) is 0 Å². The van der Waals surface area contributed by atoms with Gasteiger partial charge in [0.25, 0.3) is 0 Å². The van der Waals surface area contributed by atoms with Gasteiger partial charge in [-0.05, 0) is 40.8 Å². The van der Waals surface area contributed by atoms with E-state index in [0.29, 0.717) is 5.92 Å². The third kappa shape index (κ3) is 2.19. The number of anilines is 1. The van der Waals surface area contributed by atoms with Crippen LogP contribution in [0.4, 0.5) is 5.69 Å². The van der Waals surface area contributed by atoms with Crippen LogP contribution in [-0.4, -0.2) is 0 Å². The molecule has 1 atom stereocenters. The van der Waals surface area contributed by atoms with Crippen molar-refractivity contribution in [1.82, 2.24) is 0 Å². The third-order valence-corrected chi connectivity index (χ3v) is 4.53. The lowest BCUT2D eigenvalue weighted by atomic mass is 9.79. The predicted molar refractivity (Wildman–Crippen MR) is 93.7 cm³/mol. The van der Waals surface area contributed by atoms with E-state index >= 15 is 0 Å². The molecule has 0 radical (unpaired) electrons. The summed E-state index contributed by atoms with van der Waals surface area (Å²) in [5, 5.41) is 3.60. The van der Waals surface area contributed by atoms with Gasteiger partial charge in [-0.1, -0.05) is 67.6 Å². The van der Waals surface area contributed by atoms with Crippen LogP contribution in [0.1, 0.15) is 30.4 Å². The maximum Gasteiger partial charge on any atom is 0.0423 e. The molecule has 1 aliphatic carbocycles. The summed E-state index contributed by atoms with van der Waals surface area (Å²) in [4.78, 5) is 0. The molecule has 0 saturated heterocycles. The highest BCUT2D eigenvalue weighted by Crippen LogP contribution is 2.43. The van der Waals surface area contributed by atoms with E-state index in [0.717, 1.165) is 6.42 Å². The van der Waals surface area contributed by atoms with Gasteiger partial charge < -0.3 is 5.32 Å². The normalized spacial score (nSPS) is 21.3. The molecule has 108 valence electrons. The molecule has 1 N–H and O–H groups in total. The summed E-state index contributed by atoms with van der Waals surface area (Å²) in [6, 6.07) is 19.2. The molecular formula is C21H19N. The van der Waals surface area contributed by atoms with E-state index in [1.807, 2.05) is 0 Å². The molecule has 1 unspecified atom stereocenters. The molecule has 1 heterocycles. The lowest BCUT2D eigenvalue weighted by Gasteiger charge is -2.32. The van der Waals surface area contributed by atoms with E-state index in [9.17, 15) is 0 Å². The largest absolute Gasteiger partial charge is 0.355 e. The van der Waals surface area contributed by atoms with E-state index in [4.69, 9.17) is 0 Å². The first-order valence-electron chi connectivity index (χ1n) is 7.85. The number of allylic oxidation sites excluding steroid dienone is 4. The molecule has 0 saturated carbocycles.